The van der Waals surface area contributed by atoms with E-state index in [0.29, 0.717) is 25.3 Å². The van der Waals surface area contributed by atoms with Crippen LogP contribution in [-0.2, 0) is 9.53 Å². The van der Waals surface area contributed by atoms with E-state index in [1.165, 1.54) is 0 Å². The Hall–Kier alpha value is -1.88. The second-order valence-corrected chi connectivity index (χ2v) is 5.69. The lowest BCUT2D eigenvalue weighted by molar-refractivity contribution is -0.143. The molecule has 0 N–H and O–H groups in total. The van der Waals surface area contributed by atoms with Crippen LogP contribution in [-0.4, -0.2) is 61.0 Å². The average Bonchev–Trinajstić information content (AvgIpc) is 2.58. The molecule has 0 saturated carbocycles. The molecule has 1 aromatic rings. The SMILES string of the molecule is CCOC(=O)CCN(CCN(CC)CC)C(=O)c1ccccc1C. The number of likely N-dealkylation sites (N-methyl/N-ethyl adjacent to an activating group) is 1. The second-order valence-electron chi connectivity index (χ2n) is 5.69. The van der Waals surface area contributed by atoms with E-state index < -0.39 is 0 Å². The first-order chi connectivity index (χ1) is 11.5. The average molecular weight is 334 g/mol. The summed E-state index contributed by atoms with van der Waals surface area (Å²) in [5.41, 5.74) is 1.65. The van der Waals surface area contributed by atoms with Crippen molar-refractivity contribution in [1.29, 1.82) is 0 Å². The van der Waals surface area contributed by atoms with E-state index in [4.69, 9.17) is 4.74 Å². The first-order valence-electron chi connectivity index (χ1n) is 8.76. The maximum Gasteiger partial charge on any atom is 0.307 e. The van der Waals surface area contributed by atoms with Gasteiger partial charge in [0.05, 0.1) is 13.0 Å². The Morgan fingerprint density at radius 3 is 2.25 bits per heavy atom. The Balaban J connectivity index is 2.81. The predicted molar refractivity (Wildman–Crippen MR) is 96.1 cm³/mol. The summed E-state index contributed by atoms with van der Waals surface area (Å²) in [5, 5.41) is 0. The minimum atomic E-state index is -0.261. The standard InChI is InChI=1S/C19H30N2O3/c1-5-20(6-2)14-15-21(13-12-18(22)24-7-3)19(23)17-11-9-8-10-16(17)4/h8-11H,5-7,12-15H2,1-4H3. The molecule has 0 saturated heterocycles. The molecule has 5 heteroatoms. The highest BCUT2D eigenvalue weighted by Crippen LogP contribution is 2.11. The number of hydrogen-bond acceptors (Lipinski definition) is 4. The third-order valence-electron chi connectivity index (χ3n) is 4.13. The summed E-state index contributed by atoms with van der Waals surface area (Å²) in [6.07, 6.45) is 0.226. The lowest BCUT2D eigenvalue weighted by atomic mass is 10.1. The normalized spacial score (nSPS) is 10.7. The molecule has 24 heavy (non-hydrogen) atoms. The quantitative estimate of drug-likeness (QED) is 0.617. The highest BCUT2D eigenvalue weighted by atomic mass is 16.5. The zero-order valence-corrected chi connectivity index (χ0v) is 15.4. The Morgan fingerprint density at radius 1 is 1.00 bits per heavy atom. The second kappa shape index (κ2) is 10.8. The first-order valence-corrected chi connectivity index (χ1v) is 8.76. The van der Waals surface area contributed by atoms with Gasteiger partial charge in [0.1, 0.15) is 0 Å². The van der Waals surface area contributed by atoms with E-state index in [-0.39, 0.29) is 18.3 Å². The van der Waals surface area contributed by atoms with Crippen molar-refractivity contribution in [1.82, 2.24) is 9.80 Å². The minimum absolute atomic E-state index is 0.0236. The van der Waals surface area contributed by atoms with Gasteiger partial charge in [-0.3, -0.25) is 9.59 Å². The summed E-state index contributed by atoms with van der Waals surface area (Å²) < 4.78 is 4.98. The van der Waals surface area contributed by atoms with Gasteiger partial charge in [-0.25, -0.2) is 0 Å². The Morgan fingerprint density at radius 2 is 1.67 bits per heavy atom. The lowest BCUT2D eigenvalue weighted by Gasteiger charge is -2.27. The van der Waals surface area contributed by atoms with Crippen LogP contribution >= 0.6 is 0 Å². The molecule has 0 aromatic heterocycles. The van der Waals surface area contributed by atoms with E-state index in [1.54, 1.807) is 11.8 Å². The zero-order chi connectivity index (χ0) is 17.9. The highest BCUT2D eigenvalue weighted by Gasteiger charge is 2.19. The molecular weight excluding hydrogens is 304 g/mol. The lowest BCUT2D eigenvalue weighted by Crippen LogP contribution is -2.40. The van der Waals surface area contributed by atoms with Gasteiger partial charge in [-0.05, 0) is 38.6 Å². The molecule has 0 atom stereocenters. The van der Waals surface area contributed by atoms with Crippen LogP contribution in [0.4, 0.5) is 0 Å². The molecule has 0 radical (unpaired) electrons. The van der Waals surface area contributed by atoms with Crippen molar-refractivity contribution in [2.75, 3.05) is 39.3 Å². The van der Waals surface area contributed by atoms with Gasteiger partial charge in [-0.15, -0.1) is 0 Å². The number of benzene rings is 1. The van der Waals surface area contributed by atoms with Crippen LogP contribution in [0.1, 0.15) is 43.1 Å². The third-order valence-corrected chi connectivity index (χ3v) is 4.13. The molecule has 0 aliphatic carbocycles. The molecule has 0 aliphatic rings. The molecule has 134 valence electrons. The molecule has 0 heterocycles. The Kier molecular flexibility index (Phi) is 9.08. The fraction of sp³-hybridized carbons (Fsp3) is 0.579. The van der Waals surface area contributed by atoms with Crippen molar-refractivity contribution in [2.24, 2.45) is 0 Å². The smallest absolute Gasteiger partial charge is 0.307 e. The van der Waals surface area contributed by atoms with Crippen LogP contribution in [0.3, 0.4) is 0 Å². The fourth-order valence-electron chi connectivity index (χ4n) is 2.56. The van der Waals surface area contributed by atoms with Crippen LogP contribution < -0.4 is 0 Å². The van der Waals surface area contributed by atoms with E-state index in [0.717, 1.165) is 25.2 Å². The van der Waals surface area contributed by atoms with E-state index >= 15 is 0 Å². The van der Waals surface area contributed by atoms with E-state index in [9.17, 15) is 9.59 Å². The number of nitrogens with zero attached hydrogens (tertiary/aromatic N) is 2. The van der Waals surface area contributed by atoms with Gasteiger partial charge in [0.2, 0.25) is 0 Å². The number of carbonyl (C=O) groups is 2. The topological polar surface area (TPSA) is 49.9 Å². The first kappa shape index (κ1) is 20.2. The molecule has 1 amide bonds. The van der Waals surface area contributed by atoms with E-state index in [1.807, 2.05) is 31.2 Å². The molecule has 1 aromatic carbocycles. The molecule has 0 bridgehead atoms. The molecule has 0 aliphatic heterocycles. The van der Waals surface area contributed by atoms with Crippen LogP contribution in [0.15, 0.2) is 24.3 Å². The third kappa shape index (κ3) is 6.32. The molecular formula is C19H30N2O3. The van der Waals surface area contributed by atoms with Crippen molar-refractivity contribution >= 4 is 11.9 Å². The summed E-state index contributed by atoms with van der Waals surface area (Å²) in [7, 11) is 0. The number of ether oxygens (including phenoxy) is 1. The van der Waals surface area contributed by atoms with Crippen molar-refractivity contribution in [3.8, 4) is 0 Å². The molecule has 0 spiro atoms. The molecule has 5 nitrogen and oxygen atoms in total. The predicted octanol–water partition coefficient (Wildman–Crippen LogP) is 2.73. The summed E-state index contributed by atoms with van der Waals surface area (Å²) in [4.78, 5) is 28.6. The highest BCUT2D eigenvalue weighted by molar-refractivity contribution is 5.95. The monoisotopic (exact) mass is 334 g/mol. The summed E-state index contributed by atoms with van der Waals surface area (Å²) in [5.74, 6) is -0.285. The number of amides is 1. The summed E-state index contributed by atoms with van der Waals surface area (Å²) in [6.45, 7) is 12.0. The van der Waals surface area contributed by atoms with Crippen molar-refractivity contribution in [3.63, 3.8) is 0 Å². The molecule has 1 rings (SSSR count). The van der Waals surface area contributed by atoms with E-state index in [2.05, 4.69) is 18.7 Å². The van der Waals surface area contributed by atoms with Crippen LogP contribution in [0.5, 0.6) is 0 Å². The summed E-state index contributed by atoms with van der Waals surface area (Å²) in [6, 6.07) is 7.56. The van der Waals surface area contributed by atoms with Gasteiger partial charge in [0.25, 0.3) is 5.91 Å². The maximum atomic E-state index is 12.9. The van der Waals surface area contributed by atoms with Gasteiger partial charge < -0.3 is 14.5 Å². The number of rotatable bonds is 10. The van der Waals surface area contributed by atoms with Gasteiger partial charge in [-0.2, -0.15) is 0 Å². The van der Waals surface area contributed by atoms with Crippen LogP contribution in [0, 0.1) is 6.92 Å². The minimum Gasteiger partial charge on any atom is -0.466 e. The number of esters is 1. The maximum absolute atomic E-state index is 12.9. The van der Waals surface area contributed by atoms with Crippen LogP contribution in [0.2, 0.25) is 0 Å². The van der Waals surface area contributed by atoms with Crippen molar-refractivity contribution in [2.45, 2.75) is 34.1 Å². The fourth-order valence-corrected chi connectivity index (χ4v) is 2.56. The largest absolute Gasteiger partial charge is 0.466 e. The van der Waals surface area contributed by atoms with Gasteiger partial charge >= 0.3 is 5.97 Å². The number of hydrogen-bond donors (Lipinski definition) is 0. The zero-order valence-electron chi connectivity index (χ0n) is 15.4. The number of carbonyl (C=O) groups excluding carboxylic acids is 2. The van der Waals surface area contributed by atoms with Crippen molar-refractivity contribution in [3.05, 3.63) is 35.4 Å². The van der Waals surface area contributed by atoms with Crippen molar-refractivity contribution < 1.29 is 14.3 Å². The summed E-state index contributed by atoms with van der Waals surface area (Å²) >= 11 is 0. The Bertz CT molecular complexity index is 527. The molecule has 0 unspecified atom stereocenters. The van der Waals surface area contributed by atoms with Gasteiger partial charge in [-0.1, -0.05) is 32.0 Å². The van der Waals surface area contributed by atoms with Gasteiger partial charge in [0, 0.05) is 25.2 Å². The number of aryl methyl sites for hydroxylation is 1. The van der Waals surface area contributed by atoms with Crippen LogP contribution in [0.25, 0.3) is 0 Å². The van der Waals surface area contributed by atoms with Gasteiger partial charge in [0.15, 0.2) is 0 Å². The Labute approximate surface area is 145 Å². The molecule has 0 fully saturated rings.